The van der Waals surface area contributed by atoms with Crippen LogP contribution in [0.5, 0.6) is 5.75 Å². The Morgan fingerprint density at radius 3 is 2.14 bits per heavy atom. The number of aryl methyl sites for hydroxylation is 2. The molecule has 3 aromatic rings. The number of carbonyl (C=O) groups is 4. The van der Waals surface area contributed by atoms with Crippen molar-refractivity contribution in [2.75, 3.05) is 41.0 Å². The van der Waals surface area contributed by atoms with Gasteiger partial charge >= 0.3 is 0 Å². The molecule has 2 aliphatic carbocycles. The Morgan fingerprint density at radius 2 is 1.48 bits per heavy atom. The monoisotopic (exact) mass is 697 g/mol. The van der Waals surface area contributed by atoms with Crippen LogP contribution < -0.4 is 14.7 Å². The molecule has 3 aliphatic heterocycles. The highest BCUT2D eigenvalue weighted by atomic mass is 35.5. The molecule has 0 spiro atoms. The molecule has 9 nitrogen and oxygen atoms in total. The van der Waals surface area contributed by atoms with Crippen molar-refractivity contribution < 1.29 is 33.4 Å². The summed E-state index contributed by atoms with van der Waals surface area (Å²) in [6.07, 6.45) is 2.51. The number of phenols is 1. The van der Waals surface area contributed by atoms with Crippen molar-refractivity contribution in [3.8, 4) is 5.75 Å². The molecule has 11 heteroatoms. The van der Waals surface area contributed by atoms with Crippen LogP contribution in [0.25, 0.3) is 0 Å². The third kappa shape index (κ3) is 4.67. The summed E-state index contributed by atoms with van der Waals surface area (Å²) >= 11 is 6.11. The number of hydrogen-bond acceptors (Lipinski definition) is 7. The number of aromatic hydroxyl groups is 1. The maximum atomic E-state index is 14.6. The number of hydrogen-bond donors (Lipinski definition) is 1. The van der Waals surface area contributed by atoms with Crippen LogP contribution in [0.15, 0.2) is 66.2 Å². The quantitative estimate of drug-likeness (QED) is 0.261. The number of halogens is 2. The summed E-state index contributed by atoms with van der Waals surface area (Å²) in [5, 5.41) is 10.5. The van der Waals surface area contributed by atoms with E-state index in [1.54, 1.807) is 32.9 Å². The Labute approximate surface area is 294 Å². The molecule has 3 aromatic carbocycles. The van der Waals surface area contributed by atoms with Gasteiger partial charge in [-0.1, -0.05) is 35.4 Å². The van der Waals surface area contributed by atoms with Gasteiger partial charge in [-0.25, -0.2) is 9.29 Å². The van der Waals surface area contributed by atoms with Crippen LogP contribution in [-0.2, 0) is 23.9 Å². The average Bonchev–Trinajstić information content (AvgIpc) is 3.48. The third-order valence-electron chi connectivity index (χ3n) is 11.8. The molecule has 3 heterocycles. The lowest BCUT2D eigenvalue weighted by Gasteiger charge is -2.49. The highest BCUT2D eigenvalue weighted by molar-refractivity contribution is 6.32. The van der Waals surface area contributed by atoms with Crippen molar-refractivity contribution in [3.05, 3.63) is 93.8 Å². The van der Waals surface area contributed by atoms with Crippen molar-refractivity contribution in [2.45, 2.75) is 39.5 Å². The summed E-state index contributed by atoms with van der Waals surface area (Å²) in [5.74, 6) is -5.30. The Hall–Kier alpha value is -4.54. The first-order valence-corrected chi connectivity index (χ1v) is 17.4. The molecule has 5 aliphatic rings. The molecule has 0 unspecified atom stereocenters. The van der Waals surface area contributed by atoms with Gasteiger partial charge in [0, 0.05) is 24.7 Å². The highest BCUT2D eigenvalue weighted by Gasteiger charge is 2.67. The number of carbonyl (C=O) groups excluding carboxylic acids is 4. The zero-order chi connectivity index (χ0) is 35.2. The first-order valence-electron chi connectivity index (χ1n) is 17.1. The fourth-order valence-corrected chi connectivity index (χ4v) is 9.49. The predicted molar refractivity (Wildman–Crippen MR) is 186 cm³/mol. The van der Waals surface area contributed by atoms with E-state index in [9.17, 15) is 28.7 Å². The first-order chi connectivity index (χ1) is 23.9. The number of allylic oxidation sites excluding steroid dienone is 2. The van der Waals surface area contributed by atoms with Crippen molar-refractivity contribution >= 4 is 52.3 Å². The lowest BCUT2D eigenvalue weighted by Crippen LogP contribution is -2.49. The van der Waals surface area contributed by atoms with Crippen LogP contribution in [0.1, 0.15) is 42.4 Å². The molecule has 4 amide bonds. The van der Waals surface area contributed by atoms with Gasteiger partial charge in [0.05, 0.1) is 52.8 Å². The molecule has 50 heavy (non-hydrogen) atoms. The van der Waals surface area contributed by atoms with Gasteiger partial charge in [0.2, 0.25) is 23.6 Å². The molecule has 3 saturated heterocycles. The van der Waals surface area contributed by atoms with E-state index in [-0.39, 0.29) is 34.7 Å². The summed E-state index contributed by atoms with van der Waals surface area (Å²) in [6, 6.07) is 14.9. The van der Waals surface area contributed by atoms with Crippen molar-refractivity contribution in [1.29, 1.82) is 0 Å². The van der Waals surface area contributed by atoms with E-state index in [1.807, 2.05) is 30.3 Å². The molecule has 1 N–H and O–H groups in total. The molecule has 0 radical (unpaired) electrons. The lowest BCUT2D eigenvalue weighted by molar-refractivity contribution is -0.131. The van der Waals surface area contributed by atoms with Gasteiger partial charge < -0.3 is 14.7 Å². The molecule has 8 rings (SSSR count). The largest absolute Gasteiger partial charge is 0.507 e. The highest BCUT2D eigenvalue weighted by Crippen LogP contribution is 2.64. The van der Waals surface area contributed by atoms with Gasteiger partial charge in [-0.2, -0.15) is 0 Å². The molecule has 1 saturated carbocycles. The topological polar surface area (TPSA) is 107 Å². The van der Waals surface area contributed by atoms with E-state index < -0.39 is 52.6 Å². The van der Waals surface area contributed by atoms with Gasteiger partial charge in [-0.15, -0.1) is 0 Å². The Bertz CT molecular complexity index is 1990. The summed E-state index contributed by atoms with van der Waals surface area (Å²) in [6.45, 7) is 8.15. The van der Waals surface area contributed by atoms with Gasteiger partial charge in [-0.3, -0.25) is 24.1 Å². The summed E-state index contributed by atoms with van der Waals surface area (Å²) in [4.78, 5) is 62.2. The summed E-state index contributed by atoms with van der Waals surface area (Å²) in [5.41, 5.74) is 3.22. The minimum absolute atomic E-state index is 0.142. The van der Waals surface area contributed by atoms with E-state index in [1.165, 1.54) is 17.0 Å². The number of nitrogens with zero attached hydrogens (tertiary/aromatic N) is 3. The number of fused-ring (bicyclic) bond motifs is 4. The number of benzene rings is 3. The van der Waals surface area contributed by atoms with Crippen molar-refractivity contribution in [2.24, 2.45) is 29.1 Å². The van der Waals surface area contributed by atoms with Gasteiger partial charge in [0.15, 0.2) is 0 Å². The minimum atomic E-state index is -1.27. The molecule has 258 valence electrons. The normalized spacial score (nSPS) is 29.3. The van der Waals surface area contributed by atoms with E-state index in [0.29, 0.717) is 36.4 Å². The molecule has 6 atom stereocenters. The fraction of sp³-hybridized carbons (Fsp3) is 0.385. The van der Waals surface area contributed by atoms with Crippen LogP contribution in [-0.4, -0.2) is 55.0 Å². The smallest absolute Gasteiger partial charge is 0.241 e. The van der Waals surface area contributed by atoms with E-state index in [2.05, 4.69) is 4.90 Å². The number of ether oxygens (including phenoxy) is 1. The van der Waals surface area contributed by atoms with Crippen LogP contribution >= 0.6 is 11.6 Å². The third-order valence-corrected chi connectivity index (χ3v) is 12.1. The van der Waals surface area contributed by atoms with Crippen LogP contribution in [0.3, 0.4) is 0 Å². The van der Waals surface area contributed by atoms with Gasteiger partial charge in [-0.05, 0) is 98.7 Å². The second-order valence-electron chi connectivity index (χ2n) is 14.4. The van der Waals surface area contributed by atoms with Crippen molar-refractivity contribution in [1.82, 2.24) is 0 Å². The Kier molecular flexibility index (Phi) is 7.69. The molecule has 0 bridgehead atoms. The number of imide groups is 2. The van der Waals surface area contributed by atoms with Gasteiger partial charge in [0.25, 0.3) is 0 Å². The zero-order valence-corrected chi connectivity index (χ0v) is 28.7. The number of anilines is 3. The average molecular weight is 698 g/mol. The first kappa shape index (κ1) is 32.7. The number of phenolic OH excluding ortho intramolecular Hbond substituents is 1. The Balaban J connectivity index is 1.20. The maximum Gasteiger partial charge on any atom is 0.241 e. The molecular formula is C39H37ClFN3O6. The second-order valence-corrected chi connectivity index (χ2v) is 14.8. The predicted octanol–water partition coefficient (Wildman–Crippen LogP) is 6.07. The molecule has 0 aromatic heterocycles. The SMILES string of the molecule is Cc1cc([C@H]2C3=CC[C@@H]4C(=O)N(c5ccc(N6CCOCC6)cc5)C(=O)[C@@H]4[C@@H]3C[C@H]3C(=O)N(c4ccc(F)c(Cl)c4)C(=O)[C@@]23C)cc(C)c1O. The molecular weight excluding hydrogens is 661 g/mol. The summed E-state index contributed by atoms with van der Waals surface area (Å²) in [7, 11) is 0. The van der Waals surface area contributed by atoms with Crippen LogP contribution in [0.4, 0.5) is 21.5 Å². The minimum Gasteiger partial charge on any atom is -0.507 e. The molecule has 4 fully saturated rings. The number of rotatable bonds is 4. The fourth-order valence-electron chi connectivity index (χ4n) is 9.31. The lowest BCUT2D eigenvalue weighted by atomic mass is 9.51. The van der Waals surface area contributed by atoms with Crippen LogP contribution in [0, 0.1) is 48.8 Å². The van der Waals surface area contributed by atoms with E-state index in [4.69, 9.17) is 16.3 Å². The Morgan fingerprint density at radius 1 is 0.840 bits per heavy atom. The van der Waals surface area contributed by atoms with Gasteiger partial charge in [0.1, 0.15) is 11.6 Å². The summed E-state index contributed by atoms with van der Waals surface area (Å²) < 4.78 is 19.6. The van der Waals surface area contributed by atoms with E-state index >= 15 is 0 Å². The van der Waals surface area contributed by atoms with Crippen LogP contribution in [0.2, 0.25) is 5.02 Å². The maximum absolute atomic E-state index is 14.6. The standard InChI is InChI=1S/C39H37ClFN3O6/c1-20-16-22(17-21(2)34(20)45)33-26-9-10-27-32(37(48)43(35(27)46)24-6-4-23(5-7-24)42-12-14-50-15-13-42)28(26)19-29-36(47)44(38(49)39(29,33)3)25-8-11-31(41)30(40)18-25/h4-9,11,16-18,27-29,32-33,45H,10,12-15,19H2,1-3H3/t27-,28+,29-,32-,33-,39+/m0/s1. The zero-order valence-electron chi connectivity index (χ0n) is 28.0. The second kappa shape index (κ2) is 11.8. The number of morpholine rings is 1. The van der Waals surface area contributed by atoms with E-state index in [0.717, 1.165) is 40.9 Å². The van der Waals surface area contributed by atoms with Crippen molar-refractivity contribution in [3.63, 3.8) is 0 Å². The number of amides is 4.